The van der Waals surface area contributed by atoms with Gasteiger partial charge in [0.05, 0.1) is 18.7 Å². The highest BCUT2D eigenvalue weighted by Crippen LogP contribution is 2.27. The Labute approximate surface area is 120 Å². The molecule has 1 aliphatic rings. The predicted molar refractivity (Wildman–Crippen MR) is 73.8 cm³/mol. The number of hydrogen-bond acceptors (Lipinski definition) is 4. The second-order valence-corrected chi connectivity index (χ2v) is 4.44. The number of methoxy groups -OCH3 is 1. The molecule has 0 aliphatic carbocycles. The van der Waals surface area contributed by atoms with E-state index < -0.39 is 18.8 Å². The molecule has 0 bridgehead atoms. The van der Waals surface area contributed by atoms with E-state index >= 15 is 0 Å². The maximum absolute atomic E-state index is 12.9. The van der Waals surface area contributed by atoms with E-state index in [9.17, 15) is 9.18 Å². The van der Waals surface area contributed by atoms with Crippen molar-refractivity contribution in [2.45, 2.75) is 12.1 Å². The number of rotatable bonds is 6. The van der Waals surface area contributed by atoms with Gasteiger partial charge in [0, 0.05) is 17.7 Å². The largest absolute Gasteiger partial charge is 0.447 e. The fourth-order valence-electron chi connectivity index (χ4n) is 2.23. The molecule has 0 saturated carbocycles. The first kappa shape index (κ1) is 15.1. The Morgan fingerprint density at radius 1 is 1.52 bits per heavy atom. The summed E-state index contributed by atoms with van der Waals surface area (Å²) in [6, 6.07) is 5.94. The molecule has 0 aromatic heterocycles. The smallest absolute Gasteiger partial charge is 0.414 e. The topological polar surface area (TPSA) is 87.5 Å². The number of carbonyl (C=O) groups excluding carboxylic acids is 1. The van der Waals surface area contributed by atoms with Crippen LogP contribution in [0.1, 0.15) is 11.7 Å². The van der Waals surface area contributed by atoms with Gasteiger partial charge in [0.15, 0.2) is 0 Å². The van der Waals surface area contributed by atoms with Crippen molar-refractivity contribution in [2.75, 3.05) is 31.8 Å². The Balaban J connectivity index is 2.20. The lowest BCUT2D eigenvalue weighted by Gasteiger charge is -2.21. The van der Waals surface area contributed by atoms with Gasteiger partial charge in [-0.1, -0.05) is 17.2 Å². The summed E-state index contributed by atoms with van der Waals surface area (Å²) >= 11 is 0. The molecule has 1 fully saturated rings. The molecule has 21 heavy (non-hydrogen) atoms. The van der Waals surface area contributed by atoms with Crippen LogP contribution in [0, 0.1) is 0 Å². The number of nitrogens with zero attached hydrogens (tertiary/aromatic N) is 4. The Morgan fingerprint density at radius 2 is 2.24 bits per heavy atom. The summed E-state index contributed by atoms with van der Waals surface area (Å²) in [5.74, 6) is 0. The van der Waals surface area contributed by atoms with Crippen LogP contribution in [0.5, 0.6) is 0 Å². The van der Waals surface area contributed by atoms with E-state index in [2.05, 4.69) is 10.0 Å². The monoisotopic (exact) mass is 294 g/mol. The molecular formula is C13H15FN4O3. The molecular weight excluding hydrogens is 279 g/mol. The third-order valence-electron chi connectivity index (χ3n) is 3.26. The molecule has 1 heterocycles. The lowest BCUT2D eigenvalue weighted by atomic mass is 10.0. The molecule has 0 spiro atoms. The van der Waals surface area contributed by atoms with Gasteiger partial charge in [-0.05, 0) is 23.2 Å². The Kier molecular flexibility index (Phi) is 4.97. The number of hydrogen-bond donors (Lipinski definition) is 0. The summed E-state index contributed by atoms with van der Waals surface area (Å²) in [7, 11) is 1.42. The summed E-state index contributed by atoms with van der Waals surface area (Å²) in [5, 5.41) is 3.40. The first-order valence-corrected chi connectivity index (χ1v) is 6.38. The van der Waals surface area contributed by atoms with Crippen LogP contribution in [-0.4, -0.2) is 39.1 Å². The van der Waals surface area contributed by atoms with Crippen LogP contribution in [0.3, 0.4) is 0 Å². The molecule has 1 unspecified atom stereocenters. The highest BCUT2D eigenvalue weighted by molar-refractivity contribution is 5.89. The lowest BCUT2D eigenvalue weighted by molar-refractivity contribution is 0.0722. The molecule has 112 valence electrons. The van der Waals surface area contributed by atoms with Gasteiger partial charge in [-0.15, -0.1) is 0 Å². The quantitative estimate of drug-likeness (QED) is 0.459. The molecule has 1 aromatic rings. The van der Waals surface area contributed by atoms with E-state index in [1.165, 1.54) is 12.0 Å². The Morgan fingerprint density at radius 3 is 2.71 bits per heavy atom. The van der Waals surface area contributed by atoms with Crippen LogP contribution >= 0.6 is 0 Å². The molecule has 2 atom stereocenters. The van der Waals surface area contributed by atoms with Gasteiger partial charge < -0.3 is 9.47 Å². The molecule has 1 amide bonds. The van der Waals surface area contributed by atoms with Crippen LogP contribution in [-0.2, 0) is 9.47 Å². The van der Waals surface area contributed by atoms with E-state index in [-0.39, 0.29) is 6.09 Å². The van der Waals surface area contributed by atoms with Gasteiger partial charge in [0.25, 0.3) is 0 Å². The van der Waals surface area contributed by atoms with Gasteiger partial charge in [-0.25, -0.2) is 4.79 Å². The number of cyclic esters (lactones) is 1. The predicted octanol–water partition coefficient (Wildman–Crippen LogP) is 2.98. The second-order valence-electron chi connectivity index (χ2n) is 4.44. The average Bonchev–Trinajstić information content (AvgIpc) is 2.94. The fourth-order valence-corrected chi connectivity index (χ4v) is 2.23. The number of anilines is 1. The number of alkyl halides is 1. The second kappa shape index (κ2) is 6.92. The Bertz CT molecular complexity index is 545. The van der Waals surface area contributed by atoms with Crippen LogP contribution in [0.25, 0.3) is 10.4 Å². The maximum atomic E-state index is 12.9. The van der Waals surface area contributed by atoms with Crippen molar-refractivity contribution in [1.29, 1.82) is 0 Å². The molecule has 2 rings (SSSR count). The number of benzene rings is 1. The minimum Gasteiger partial charge on any atom is -0.447 e. The number of ether oxygens (including phenoxy) is 2. The summed E-state index contributed by atoms with van der Waals surface area (Å²) < 4.78 is 23.0. The summed E-state index contributed by atoms with van der Waals surface area (Å²) in [6.07, 6.45) is -1.06. The number of amides is 1. The zero-order valence-corrected chi connectivity index (χ0v) is 11.5. The van der Waals surface area contributed by atoms with Crippen molar-refractivity contribution >= 4 is 11.8 Å². The molecule has 1 aromatic carbocycles. The highest BCUT2D eigenvalue weighted by Gasteiger charge is 2.25. The third-order valence-corrected chi connectivity index (χ3v) is 3.26. The van der Waals surface area contributed by atoms with Gasteiger partial charge in [-0.2, -0.15) is 0 Å². The SMILES string of the molecule is CO[C@H](c1ccc(N2CCOC2=O)cc1)C(CF)N=[N+]=[N-]. The molecule has 8 heteroatoms. The summed E-state index contributed by atoms with van der Waals surface area (Å²) in [6.45, 7) is 0.0442. The zero-order chi connectivity index (χ0) is 15.2. The van der Waals surface area contributed by atoms with Crippen LogP contribution in [0.2, 0.25) is 0 Å². The van der Waals surface area contributed by atoms with Crippen molar-refractivity contribution in [3.05, 3.63) is 40.3 Å². The van der Waals surface area contributed by atoms with Gasteiger partial charge in [-0.3, -0.25) is 9.29 Å². The minimum atomic E-state index is -0.928. The summed E-state index contributed by atoms with van der Waals surface area (Å²) in [5.41, 5.74) is 9.82. The van der Waals surface area contributed by atoms with Gasteiger partial charge in [0.1, 0.15) is 13.3 Å². The highest BCUT2D eigenvalue weighted by atomic mass is 19.1. The van der Waals surface area contributed by atoms with Crippen molar-refractivity contribution in [3.63, 3.8) is 0 Å². The Hall–Kier alpha value is -2.31. The van der Waals surface area contributed by atoms with E-state index in [0.29, 0.717) is 24.4 Å². The van der Waals surface area contributed by atoms with E-state index in [1.54, 1.807) is 24.3 Å². The standard InChI is InChI=1S/C13H15FN4O3/c1-20-12(11(8-14)16-17-15)9-2-4-10(5-3-9)18-6-7-21-13(18)19/h2-5,11-12H,6-8H2,1H3/t11?,12-/m1/s1. The van der Waals surface area contributed by atoms with E-state index in [1.807, 2.05) is 0 Å². The van der Waals surface area contributed by atoms with Crippen LogP contribution in [0.15, 0.2) is 29.4 Å². The lowest BCUT2D eigenvalue weighted by Crippen LogP contribution is -2.23. The number of carbonyl (C=O) groups is 1. The molecule has 0 N–H and O–H groups in total. The van der Waals surface area contributed by atoms with Crippen molar-refractivity contribution < 1.29 is 18.7 Å². The fraction of sp³-hybridized carbons (Fsp3) is 0.462. The van der Waals surface area contributed by atoms with Crippen LogP contribution < -0.4 is 4.90 Å². The molecule has 0 radical (unpaired) electrons. The first-order valence-electron chi connectivity index (χ1n) is 6.38. The number of halogens is 1. The molecule has 1 aliphatic heterocycles. The normalized spacial score (nSPS) is 17.0. The van der Waals surface area contributed by atoms with Gasteiger partial charge >= 0.3 is 6.09 Å². The third kappa shape index (κ3) is 3.24. The zero-order valence-electron chi connectivity index (χ0n) is 11.5. The van der Waals surface area contributed by atoms with Crippen molar-refractivity contribution in [3.8, 4) is 0 Å². The van der Waals surface area contributed by atoms with Crippen LogP contribution in [0.4, 0.5) is 14.9 Å². The van der Waals surface area contributed by atoms with Crippen molar-refractivity contribution in [2.24, 2.45) is 5.11 Å². The van der Waals surface area contributed by atoms with E-state index in [0.717, 1.165) is 0 Å². The van der Waals surface area contributed by atoms with Gasteiger partial charge in [0.2, 0.25) is 0 Å². The summed E-state index contributed by atoms with van der Waals surface area (Å²) in [4.78, 5) is 15.6. The first-order chi connectivity index (χ1) is 10.2. The maximum Gasteiger partial charge on any atom is 0.414 e. The molecule has 7 nitrogen and oxygen atoms in total. The van der Waals surface area contributed by atoms with Crippen molar-refractivity contribution in [1.82, 2.24) is 0 Å². The average molecular weight is 294 g/mol. The van der Waals surface area contributed by atoms with E-state index in [4.69, 9.17) is 15.0 Å². The number of azide groups is 1. The minimum absolute atomic E-state index is 0.363. The molecule has 1 saturated heterocycles.